The largest absolute Gasteiger partial charge is 0.324 e. The molecule has 0 bridgehead atoms. The quantitative estimate of drug-likeness (QED) is 0.721. The van der Waals surface area contributed by atoms with Crippen LogP contribution in [0.2, 0.25) is 0 Å². The second kappa shape index (κ2) is 5.87. The molecule has 2 rings (SSSR count). The van der Waals surface area contributed by atoms with E-state index in [2.05, 4.69) is 70.2 Å². The van der Waals surface area contributed by atoms with Crippen molar-refractivity contribution in [3.05, 3.63) is 59.9 Å². The van der Waals surface area contributed by atoms with E-state index in [9.17, 15) is 0 Å². The van der Waals surface area contributed by atoms with E-state index in [0.717, 1.165) is 11.8 Å². The SMILES string of the molecule is C/C(=C\c1ccc(-n2cccc2)cc1)CCBr. The molecule has 2 heteroatoms. The topological polar surface area (TPSA) is 4.93 Å². The van der Waals surface area contributed by atoms with Crippen LogP contribution in [-0.4, -0.2) is 9.90 Å². The summed E-state index contributed by atoms with van der Waals surface area (Å²) in [7, 11) is 0. The first-order chi connectivity index (χ1) is 8.29. The summed E-state index contributed by atoms with van der Waals surface area (Å²) in [5, 5.41) is 1.02. The molecule has 0 aliphatic heterocycles. The van der Waals surface area contributed by atoms with E-state index in [4.69, 9.17) is 0 Å². The molecular formula is C15H16BrN. The maximum atomic E-state index is 3.46. The number of nitrogens with zero attached hydrogens (tertiary/aromatic N) is 1. The third kappa shape index (κ3) is 3.34. The van der Waals surface area contributed by atoms with E-state index in [1.54, 1.807) is 0 Å². The molecule has 0 saturated heterocycles. The summed E-state index contributed by atoms with van der Waals surface area (Å²) in [6.45, 7) is 2.17. The molecule has 17 heavy (non-hydrogen) atoms. The first kappa shape index (κ1) is 12.2. The van der Waals surface area contributed by atoms with Crippen LogP contribution in [0, 0.1) is 0 Å². The van der Waals surface area contributed by atoms with Gasteiger partial charge in [0, 0.05) is 23.4 Å². The molecule has 0 N–H and O–H groups in total. The van der Waals surface area contributed by atoms with Crippen LogP contribution in [0.5, 0.6) is 0 Å². The second-order valence-corrected chi connectivity index (χ2v) is 4.90. The molecule has 1 aromatic heterocycles. The predicted octanol–water partition coefficient (Wildman–Crippen LogP) is 4.67. The fourth-order valence-electron chi connectivity index (χ4n) is 1.76. The first-order valence-electron chi connectivity index (χ1n) is 5.76. The molecule has 0 fully saturated rings. The van der Waals surface area contributed by atoms with Crippen LogP contribution in [0.3, 0.4) is 0 Å². The highest BCUT2D eigenvalue weighted by Crippen LogP contribution is 2.14. The minimum atomic E-state index is 1.02. The number of rotatable bonds is 4. The second-order valence-electron chi connectivity index (χ2n) is 4.11. The summed E-state index contributed by atoms with van der Waals surface area (Å²) in [5.74, 6) is 0. The lowest BCUT2D eigenvalue weighted by atomic mass is 10.1. The zero-order valence-electron chi connectivity index (χ0n) is 9.94. The Hall–Kier alpha value is -1.28. The van der Waals surface area contributed by atoms with Crippen LogP contribution in [-0.2, 0) is 0 Å². The molecule has 0 atom stereocenters. The van der Waals surface area contributed by atoms with Gasteiger partial charge >= 0.3 is 0 Å². The van der Waals surface area contributed by atoms with Crippen molar-refractivity contribution in [2.24, 2.45) is 0 Å². The van der Waals surface area contributed by atoms with Crippen LogP contribution < -0.4 is 0 Å². The van der Waals surface area contributed by atoms with Crippen molar-refractivity contribution in [3.8, 4) is 5.69 Å². The predicted molar refractivity (Wildman–Crippen MR) is 77.8 cm³/mol. The van der Waals surface area contributed by atoms with Gasteiger partial charge in [-0.15, -0.1) is 0 Å². The average Bonchev–Trinajstić information content (AvgIpc) is 2.84. The summed E-state index contributed by atoms with van der Waals surface area (Å²) in [5.41, 5.74) is 3.86. The van der Waals surface area contributed by atoms with Gasteiger partial charge in [-0.3, -0.25) is 0 Å². The molecule has 0 aliphatic carbocycles. The van der Waals surface area contributed by atoms with Gasteiger partial charge in [-0.05, 0) is 43.2 Å². The Morgan fingerprint density at radius 2 is 1.82 bits per heavy atom. The molecular weight excluding hydrogens is 274 g/mol. The summed E-state index contributed by atoms with van der Waals surface area (Å²) >= 11 is 3.46. The molecule has 0 radical (unpaired) electrons. The molecule has 0 saturated carbocycles. The van der Waals surface area contributed by atoms with E-state index in [1.807, 2.05) is 12.1 Å². The maximum Gasteiger partial charge on any atom is 0.0449 e. The molecule has 0 spiro atoms. The Kier molecular flexibility index (Phi) is 4.21. The van der Waals surface area contributed by atoms with Crippen molar-refractivity contribution in [3.63, 3.8) is 0 Å². The molecule has 0 unspecified atom stereocenters. The van der Waals surface area contributed by atoms with Crippen LogP contribution >= 0.6 is 15.9 Å². The van der Waals surface area contributed by atoms with Crippen LogP contribution in [0.15, 0.2) is 54.4 Å². The van der Waals surface area contributed by atoms with Gasteiger partial charge in [0.15, 0.2) is 0 Å². The summed E-state index contributed by atoms with van der Waals surface area (Å²) < 4.78 is 2.11. The zero-order chi connectivity index (χ0) is 12.1. The minimum Gasteiger partial charge on any atom is -0.324 e. The molecule has 0 aliphatic rings. The number of benzene rings is 1. The maximum absolute atomic E-state index is 3.46. The first-order valence-corrected chi connectivity index (χ1v) is 6.88. The lowest BCUT2D eigenvalue weighted by Crippen LogP contribution is -1.88. The number of halogens is 1. The van der Waals surface area contributed by atoms with E-state index in [1.165, 1.54) is 16.8 Å². The highest BCUT2D eigenvalue weighted by molar-refractivity contribution is 9.09. The molecule has 88 valence electrons. The minimum absolute atomic E-state index is 1.02. The van der Waals surface area contributed by atoms with Crippen molar-refractivity contribution in [2.45, 2.75) is 13.3 Å². The Morgan fingerprint density at radius 3 is 2.41 bits per heavy atom. The Balaban J connectivity index is 2.16. The fraction of sp³-hybridized carbons (Fsp3) is 0.200. The van der Waals surface area contributed by atoms with Gasteiger partial charge in [0.2, 0.25) is 0 Å². The number of aromatic nitrogens is 1. The van der Waals surface area contributed by atoms with Crippen molar-refractivity contribution in [1.29, 1.82) is 0 Å². The van der Waals surface area contributed by atoms with Crippen molar-refractivity contribution in [1.82, 2.24) is 4.57 Å². The van der Waals surface area contributed by atoms with Crippen LogP contribution in [0.4, 0.5) is 0 Å². The highest BCUT2D eigenvalue weighted by atomic mass is 79.9. The summed E-state index contributed by atoms with van der Waals surface area (Å²) in [6, 6.07) is 12.7. The molecule has 2 aromatic rings. The third-order valence-corrected chi connectivity index (χ3v) is 3.09. The number of alkyl halides is 1. The van der Waals surface area contributed by atoms with Gasteiger partial charge in [-0.25, -0.2) is 0 Å². The molecule has 1 aromatic carbocycles. The van der Waals surface area contributed by atoms with Gasteiger partial charge < -0.3 is 4.57 Å². The van der Waals surface area contributed by atoms with Crippen molar-refractivity contribution >= 4 is 22.0 Å². The fourth-order valence-corrected chi connectivity index (χ4v) is 2.38. The van der Waals surface area contributed by atoms with E-state index < -0.39 is 0 Å². The van der Waals surface area contributed by atoms with E-state index in [-0.39, 0.29) is 0 Å². The molecule has 1 nitrogen and oxygen atoms in total. The van der Waals surface area contributed by atoms with Gasteiger partial charge in [-0.2, -0.15) is 0 Å². The van der Waals surface area contributed by atoms with Crippen molar-refractivity contribution in [2.75, 3.05) is 5.33 Å². The van der Waals surface area contributed by atoms with Crippen LogP contribution in [0.25, 0.3) is 11.8 Å². The third-order valence-electron chi connectivity index (χ3n) is 2.70. The Bertz CT molecular complexity index is 480. The van der Waals surface area contributed by atoms with Gasteiger partial charge in [0.05, 0.1) is 0 Å². The smallest absolute Gasteiger partial charge is 0.0449 e. The lowest BCUT2D eigenvalue weighted by molar-refractivity contribution is 1.08. The van der Waals surface area contributed by atoms with Gasteiger partial charge in [-0.1, -0.05) is 39.7 Å². The highest BCUT2D eigenvalue weighted by Gasteiger charge is 1.95. The Morgan fingerprint density at radius 1 is 1.18 bits per heavy atom. The molecule has 1 heterocycles. The van der Waals surface area contributed by atoms with E-state index in [0.29, 0.717) is 0 Å². The average molecular weight is 290 g/mol. The van der Waals surface area contributed by atoms with Gasteiger partial charge in [0.25, 0.3) is 0 Å². The Labute approximate surface area is 111 Å². The molecule has 0 amide bonds. The van der Waals surface area contributed by atoms with E-state index >= 15 is 0 Å². The van der Waals surface area contributed by atoms with Crippen molar-refractivity contribution < 1.29 is 0 Å². The normalized spacial score (nSPS) is 11.8. The zero-order valence-corrected chi connectivity index (χ0v) is 11.5. The summed E-state index contributed by atoms with van der Waals surface area (Å²) in [4.78, 5) is 0. The number of allylic oxidation sites excluding steroid dienone is 1. The number of hydrogen-bond donors (Lipinski definition) is 0. The standard InChI is InChI=1S/C15H16BrN/c1-13(8-9-16)12-14-4-6-15(7-5-14)17-10-2-3-11-17/h2-7,10-12H,8-9H2,1H3/b13-12+. The lowest BCUT2D eigenvalue weighted by Gasteiger charge is -2.04. The van der Waals surface area contributed by atoms with Crippen LogP contribution in [0.1, 0.15) is 18.9 Å². The summed E-state index contributed by atoms with van der Waals surface area (Å²) in [6.07, 6.45) is 7.45. The van der Waals surface area contributed by atoms with Gasteiger partial charge in [0.1, 0.15) is 0 Å². The number of hydrogen-bond acceptors (Lipinski definition) is 0. The monoisotopic (exact) mass is 289 g/mol.